The van der Waals surface area contributed by atoms with Crippen LogP contribution in [0, 0.1) is 5.92 Å². The van der Waals surface area contributed by atoms with E-state index < -0.39 is 0 Å². The zero-order valence-corrected chi connectivity index (χ0v) is 14.0. The SMILES string of the molecule is COCCN1CC(C(=O)NC(C)c2cc3ccccc3o2)CC1=O. The van der Waals surface area contributed by atoms with E-state index in [1.807, 2.05) is 37.3 Å². The molecule has 6 nitrogen and oxygen atoms in total. The van der Waals surface area contributed by atoms with Crippen LogP contribution in [-0.4, -0.2) is 43.5 Å². The van der Waals surface area contributed by atoms with E-state index in [1.165, 1.54) is 0 Å². The van der Waals surface area contributed by atoms with Gasteiger partial charge in [0.15, 0.2) is 0 Å². The number of nitrogens with one attached hydrogen (secondary N) is 1. The van der Waals surface area contributed by atoms with Gasteiger partial charge in [-0.25, -0.2) is 0 Å². The number of carbonyl (C=O) groups excluding carboxylic acids is 2. The smallest absolute Gasteiger partial charge is 0.226 e. The third-order valence-electron chi connectivity index (χ3n) is 4.38. The molecule has 1 aromatic heterocycles. The van der Waals surface area contributed by atoms with Gasteiger partial charge in [-0.15, -0.1) is 0 Å². The van der Waals surface area contributed by atoms with E-state index in [0.717, 1.165) is 11.0 Å². The van der Waals surface area contributed by atoms with Crippen LogP contribution in [0.3, 0.4) is 0 Å². The fraction of sp³-hybridized carbons (Fsp3) is 0.444. The third-order valence-corrected chi connectivity index (χ3v) is 4.38. The molecule has 3 rings (SSSR count). The molecule has 0 spiro atoms. The third kappa shape index (κ3) is 3.43. The molecule has 1 saturated heterocycles. The fourth-order valence-corrected chi connectivity index (χ4v) is 2.98. The minimum absolute atomic E-state index is 0.00332. The maximum Gasteiger partial charge on any atom is 0.226 e. The number of fused-ring (bicyclic) bond motifs is 1. The number of para-hydroxylation sites is 1. The maximum absolute atomic E-state index is 12.4. The molecule has 0 saturated carbocycles. The van der Waals surface area contributed by atoms with Crippen molar-refractivity contribution in [1.82, 2.24) is 10.2 Å². The van der Waals surface area contributed by atoms with Crippen molar-refractivity contribution in [2.24, 2.45) is 5.92 Å². The number of likely N-dealkylation sites (tertiary alicyclic amines) is 1. The minimum Gasteiger partial charge on any atom is -0.459 e. The van der Waals surface area contributed by atoms with Gasteiger partial charge >= 0.3 is 0 Å². The van der Waals surface area contributed by atoms with Crippen LogP contribution in [0.5, 0.6) is 0 Å². The van der Waals surface area contributed by atoms with Crippen molar-refractivity contribution < 1.29 is 18.7 Å². The van der Waals surface area contributed by atoms with Crippen LogP contribution >= 0.6 is 0 Å². The molecule has 2 heterocycles. The van der Waals surface area contributed by atoms with Crippen molar-refractivity contribution in [3.05, 3.63) is 36.1 Å². The molecule has 0 aliphatic carbocycles. The topological polar surface area (TPSA) is 71.8 Å². The van der Waals surface area contributed by atoms with E-state index in [1.54, 1.807) is 12.0 Å². The Morgan fingerprint density at radius 1 is 1.46 bits per heavy atom. The number of hydrogen-bond acceptors (Lipinski definition) is 4. The predicted octanol–water partition coefficient (Wildman–Crippen LogP) is 2.10. The average molecular weight is 330 g/mol. The summed E-state index contributed by atoms with van der Waals surface area (Å²) in [4.78, 5) is 26.1. The Balaban J connectivity index is 1.61. The van der Waals surface area contributed by atoms with Crippen LogP contribution in [0.4, 0.5) is 0 Å². The molecular formula is C18H22N2O4. The molecule has 128 valence electrons. The van der Waals surface area contributed by atoms with Crippen LogP contribution in [-0.2, 0) is 14.3 Å². The molecule has 0 bridgehead atoms. The number of amides is 2. The summed E-state index contributed by atoms with van der Waals surface area (Å²) in [6, 6.07) is 9.43. The second kappa shape index (κ2) is 7.05. The number of hydrogen-bond donors (Lipinski definition) is 1. The second-order valence-corrected chi connectivity index (χ2v) is 6.15. The molecule has 2 atom stereocenters. The fourth-order valence-electron chi connectivity index (χ4n) is 2.98. The summed E-state index contributed by atoms with van der Waals surface area (Å²) in [6.45, 7) is 3.34. The Morgan fingerprint density at radius 3 is 3.00 bits per heavy atom. The van der Waals surface area contributed by atoms with E-state index in [4.69, 9.17) is 9.15 Å². The molecule has 1 aliphatic rings. The summed E-state index contributed by atoms with van der Waals surface area (Å²) in [6.07, 6.45) is 0.252. The molecule has 2 unspecified atom stereocenters. The van der Waals surface area contributed by atoms with Crippen molar-refractivity contribution in [1.29, 1.82) is 0 Å². The van der Waals surface area contributed by atoms with Gasteiger partial charge in [0.1, 0.15) is 11.3 Å². The van der Waals surface area contributed by atoms with Gasteiger partial charge < -0.3 is 19.4 Å². The lowest BCUT2D eigenvalue weighted by Gasteiger charge is -2.17. The largest absolute Gasteiger partial charge is 0.459 e. The zero-order chi connectivity index (χ0) is 17.1. The predicted molar refractivity (Wildman–Crippen MR) is 89.3 cm³/mol. The van der Waals surface area contributed by atoms with Gasteiger partial charge in [0.05, 0.1) is 18.6 Å². The summed E-state index contributed by atoms with van der Waals surface area (Å²) in [5.41, 5.74) is 0.801. The van der Waals surface area contributed by atoms with Gasteiger partial charge in [-0.05, 0) is 19.1 Å². The quantitative estimate of drug-likeness (QED) is 0.880. The molecular weight excluding hydrogens is 308 g/mol. The lowest BCUT2D eigenvalue weighted by Crippen LogP contribution is -2.35. The Bertz CT molecular complexity index is 706. The number of nitrogens with zero attached hydrogens (tertiary/aromatic N) is 1. The molecule has 6 heteroatoms. The molecule has 1 aromatic carbocycles. The summed E-state index contributed by atoms with van der Waals surface area (Å²) in [5, 5.41) is 3.96. The van der Waals surface area contributed by atoms with Crippen molar-refractivity contribution in [2.45, 2.75) is 19.4 Å². The highest BCUT2D eigenvalue weighted by molar-refractivity contribution is 5.89. The standard InChI is InChI=1S/C18H22N2O4/c1-12(16-9-13-5-3-4-6-15(13)24-16)19-18(22)14-10-17(21)20(11-14)7-8-23-2/h3-6,9,12,14H,7-8,10-11H2,1-2H3,(H,19,22). The summed E-state index contributed by atoms with van der Waals surface area (Å²) < 4.78 is 10.8. The van der Waals surface area contributed by atoms with Gasteiger partial charge in [0, 0.05) is 32.0 Å². The lowest BCUT2D eigenvalue weighted by molar-refractivity contribution is -0.129. The number of methoxy groups -OCH3 is 1. The highest BCUT2D eigenvalue weighted by atomic mass is 16.5. The van der Waals surface area contributed by atoms with Crippen molar-refractivity contribution in [2.75, 3.05) is 26.8 Å². The van der Waals surface area contributed by atoms with Crippen LogP contribution in [0.15, 0.2) is 34.7 Å². The average Bonchev–Trinajstić information content (AvgIpc) is 3.16. The summed E-state index contributed by atoms with van der Waals surface area (Å²) >= 11 is 0. The van der Waals surface area contributed by atoms with Crippen LogP contribution < -0.4 is 5.32 Å². The van der Waals surface area contributed by atoms with Gasteiger partial charge in [-0.3, -0.25) is 9.59 Å². The maximum atomic E-state index is 12.4. The number of ether oxygens (including phenoxy) is 1. The van der Waals surface area contributed by atoms with E-state index in [0.29, 0.717) is 25.5 Å². The van der Waals surface area contributed by atoms with Gasteiger partial charge in [0.25, 0.3) is 0 Å². The van der Waals surface area contributed by atoms with Crippen molar-refractivity contribution in [3.8, 4) is 0 Å². The normalized spacial score (nSPS) is 19.0. The zero-order valence-electron chi connectivity index (χ0n) is 14.0. The highest BCUT2D eigenvalue weighted by Gasteiger charge is 2.34. The van der Waals surface area contributed by atoms with E-state index in [-0.39, 0.29) is 30.2 Å². The van der Waals surface area contributed by atoms with Crippen molar-refractivity contribution >= 4 is 22.8 Å². The van der Waals surface area contributed by atoms with Gasteiger partial charge in [-0.1, -0.05) is 18.2 Å². The Labute approximate surface area is 140 Å². The van der Waals surface area contributed by atoms with E-state index >= 15 is 0 Å². The first-order valence-corrected chi connectivity index (χ1v) is 8.14. The van der Waals surface area contributed by atoms with Crippen molar-refractivity contribution in [3.63, 3.8) is 0 Å². The van der Waals surface area contributed by atoms with E-state index in [9.17, 15) is 9.59 Å². The Morgan fingerprint density at radius 2 is 2.25 bits per heavy atom. The first kappa shape index (κ1) is 16.5. The summed E-state index contributed by atoms with van der Waals surface area (Å²) in [7, 11) is 1.60. The van der Waals surface area contributed by atoms with E-state index in [2.05, 4.69) is 5.32 Å². The molecule has 1 N–H and O–H groups in total. The molecule has 2 amide bonds. The molecule has 0 radical (unpaired) electrons. The molecule has 24 heavy (non-hydrogen) atoms. The Hall–Kier alpha value is -2.34. The second-order valence-electron chi connectivity index (χ2n) is 6.15. The van der Waals surface area contributed by atoms with Crippen LogP contribution in [0.25, 0.3) is 11.0 Å². The number of rotatable bonds is 6. The van der Waals surface area contributed by atoms with Gasteiger partial charge in [-0.2, -0.15) is 0 Å². The number of carbonyl (C=O) groups is 2. The van der Waals surface area contributed by atoms with Crippen LogP contribution in [0.2, 0.25) is 0 Å². The lowest BCUT2D eigenvalue weighted by atomic mass is 10.1. The first-order chi connectivity index (χ1) is 11.6. The molecule has 2 aromatic rings. The first-order valence-electron chi connectivity index (χ1n) is 8.14. The van der Waals surface area contributed by atoms with Gasteiger partial charge in [0.2, 0.25) is 11.8 Å². The highest BCUT2D eigenvalue weighted by Crippen LogP contribution is 2.25. The minimum atomic E-state index is -0.318. The molecule has 1 fully saturated rings. The monoisotopic (exact) mass is 330 g/mol. The summed E-state index contributed by atoms with van der Waals surface area (Å²) in [5.74, 6) is 0.283. The Kier molecular flexibility index (Phi) is 4.85. The molecule has 1 aliphatic heterocycles. The number of furan rings is 1. The van der Waals surface area contributed by atoms with Crippen LogP contribution in [0.1, 0.15) is 25.1 Å². The number of benzene rings is 1.